The van der Waals surface area contributed by atoms with Gasteiger partial charge in [0.05, 0.1) is 34.2 Å². The number of carbonyl (C=O) groups excluding carboxylic acids is 1. The number of nitrogens with one attached hydrogen (secondary N) is 1. The molecule has 0 aliphatic heterocycles. The highest BCUT2D eigenvalue weighted by molar-refractivity contribution is 6.33. The van der Waals surface area contributed by atoms with Gasteiger partial charge in [0, 0.05) is 0 Å². The standard InChI is InChI=1S/C25H24ClN3O2/c1-17-9-3-8-14-23(17)31-16-15-29-22-13-7-6-12-21(22)28-24(29)18(2)27-25(30)19-10-4-5-11-20(19)26/h3-14,18H,15-16H2,1-2H3,(H,27,30). The second-order valence-corrected chi connectivity index (χ2v) is 7.81. The Morgan fingerprint density at radius 2 is 1.77 bits per heavy atom. The number of fused-ring (bicyclic) bond motifs is 1. The first-order chi connectivity index (χ1) is 15.0. The molecule has 3 aromatic carbocycles. The molecule has 0 fully saturated rings. The van der Waals surface area contributed by atoms with Gasteiger partial charge in [-0.25, -0.2) is 4.98 Å². The summed E-state index contributed by atoms with van der Waals surface area (Å²) in [6.45, 7) is 5.05. The Kier molecular flexibility index (Phi) is 6.23. The summed E-state index contributed by atoms with van der Waals surface area (Å²) in [5.41, 5.74) is 3.43. The van der Waals surface area contributed by atoms with Crippen LogP contribution < -0.4 is 10.1 Å². The molecule has 4 rings (SSSR count). The van der Waals surface area contributed by atoms with Gasteiger partial charge in [-0.3, -0.25) is 4.79 Å². The zero-order chi connectivity index (χ0) is 21.8. The lowest BCUT2D eigenvalue weighted by Crippen LogP contribution is -2.29. The van der Waals surface area contributed by atoms with E-state index in [1.54, 1.807) is 24.3 Å². The lowest BCUT2D eigenvalue weighted by Gasteiger charge is -2.17. The van der Waals surface area contributed by atoms with E-state index in [-0.39, 0.29) is 11.9 Å². The number of halogens is 1. The Morgan fingerprint density at radius 3 is 2.58 bits per heavy atom. The first kappa shape index (κ1) is 20.9. The molecule has 0 saturated heterocycles. The molecule has 1 atom stereocenters. The smallest absolute Gasteiger partial charge is 0.253 e. The summed E-state index contributed by atoms with van der Waals surface area (Å²) in [6, 6.07) is 22.6. The first-order valence-electron chi connectivity index (χ1n) is 10.2. The van der Waals surface area contributed by atoms with Crippen LogP contribution >= 0.6 is 11.6 Å². The summed E-state index contributed by atoms with van der Waals surface area (Å²) >= 11 is 6.19. The lowest BCUT2D eigenvalue weighted by molar-refractivity contribution is 0.0937. The van der Waals surface area contributed by atoms with Crippen LogP contribution in [-0.4, -0.2) is 22.1 Å². The molecule has 1 heterocycles. The summed E-state index contributed by atoms with van der Waals surface area (Å²) in [7, 11) is 0. The average Bonchev–Trinajstić information content (AvgIpc) is 3.14. The quantitative estimate of drug-likeness (QED) is 0.414. The Hall–Kier alpha value is -3.31. The van der Waals surface area contributed by atoms with Crippen molar-refractivity contribution < 1.29 is 9.53 Å². The van der Waals surface area contributed by atoms with E-state index in [9.17, 15) is 4.79 Å². The van der Waals surface area contributed by atoms with Crippen LogP contribution in [0.15, 0.2) is 72.8 Å². The van der Waals surface area contributed by atoms with Gasteiger partial charge in [-0.1, -0.05) is 54.1 Å². The molecule has 31 heavy (non-hydrogen) atoms. The van der Waals surface area contributed by atoms with Crippen LogP contribution in [0.2, 0.25) is 5.02 Å². The molecule has 1 unspecified atom stereocenters. The lowest BCUT2D eigenvalue weighted by atomic mass is 10.2. The van der Waals surface area contributed by atoms with Gasteiger partial charge in [0.25, 0.3) is 5.91 Å². The highest BCUT2D eigenvalue weighted by Gasteiger charge is 2.20. The third kappa shape index (κ3) is 4.57. The van der Waals surface area contributed by atoms with Gasteiger partial charge < -0.3 is 14.6 Å². The molecular formula is C25H24ClN3O2. The fraction of sp³-hybridized carbons (Fsp3) is 0.200. The molecule has 6 heteroatoms. The number of nitrogens with zero attached hydrogens (tertiary/aromatic N) is 2. The number of benzene rings is 3. The highest BCUT2D eigenvalue weighted by atomic mass is 35.5. The summed E-state index contributed by atoms with van der Waals surface area (Å²) in [4.78, 5) is 17.5. The van der Waals surface area contributed by atoms with Crippen molar-refractivity contribution in [1.82, 2.24) is 14.9 Å². The van der Waals surface area contributed by atoms with Crippen LogP contribution in [0.1, 0.15) is 34.7 Å². The van der Waals surface area contributed by atoms with Crippen LogP contribution in [0.25, 0.3) is 11.0 Å². The molecule has 1 N–H and O–H groups in total. The van der Waals surface area contributed by atoms with Gasteiger partial charge in [0.1, 0.15) is 18.2 Å². The van der Waals surface area contributed by atoms with Crippen molar-refractivity contribution in [2.75, 3.05) is 6.61 Å². The van der Waals surface area contributed by atoms with Gasteiger partial charge in [-0.15, -0.1) is 0 Å². The molecule has 0 bridgehead atoms. The first-order valence-corrected chi connectivity index (χ1v) is 10.6. The number of amides is 1. The van der Waals surface area contributed by atoms with Crippen molar-refractivity contribution in [2.24, 2.45) is 0 Å². The molecule has 0 spiro atoms. The molecule has 1 amide bonds. The summed E-state index contributed by atoms with van der Waals surface area (Å²) < 4.78 is 8.11. The van der Waals surface area contributed by atoms with Crippen LogP contribution in [0.4, 0.5) is 0 Å². The minimum absolute atomic E-state index is 0.229. The molecule has 0 radical (unpaired) electrons. The van der Waals surface area contributed by atoms with Crippen LogP contribution in [0, 0.1) is 6.92 Å². The molecule has 5 nitrogen and oxygen atoms in total. The van der Waals surface area contributed by atoms with Crippen LogP contribution in [0.5, 0.6) is 5.75 Å². The number of rotatable bonds is 7. The minimum Gasteiger partial charge on any atom is -0.491 e. The number of hydrogen-bond acceptors (Lipinski definition) is 3. The van der Waals surface area contributed by atoms with Crippen molar-refractivity contribution in [3.8, 4) is 5.75 Å². The molecule has 0 aliphatic carbocycles. The van der Waals surface area contributed by atoms with E-state index in [1.807, 2.05) is 62.4 Å². The third-order valence-electron chi connectivity index (χ3n) is 5.20. The zero-order valence-corrected chi connectivity index (χ0v) is 18.3. The second-order valence-electron chi connectivity index (χ2n) is 7.40. The molecular weight excluding hydrogens is 410 g/mol. The number of aryl methyl sites for hydroxylation is 1. The normalized spacial score (nSPS) is 12.0. The molecule has 4 aromatic rings. The van der Waals surface area contributed by atoms with E-state index < -0.39 is 0 Å². The van der Waals surface area contributed by atoms with Crippen LogP contribution in [0.3, 0.4) is 0 Å². The fourth-order valence-electron chi connectivity index (χ4n) is 3.61. The van der Waals surface area contributed by atoms with E-state index >= 15 is 0 Å². The predicted octanol–water partition coefficient (Wildman–Crippen LogP) is 5.57. The summed E-state index contributed by atoms with van der Waals surface area (Å²) in [5.74, 6) is 1.41. The maximum absolute atomic E-state index is 12.8. The predicted molar refractivity (Wildman–Crippen MR) is 124 cm³/mol. The maximum Gasteiger partial charge on any atom is 0.253 e. The Bertz CT molecular complexity index is 1220. The summed E-state index contributed by atoms with van der Waals surface area (Å²) in [6.07, 6.45) is 0. The van der Waals surface area contributed by atoms with Crippen molar-refractivity contribution >= 4 is 28.5 Å². The highest BCUT2D eigenvalue weighted by Crippen LogP contribution is 2.23. The monoisotopic (exact) mass is 433 g/mol. The minimum atomic E-state index is -0.311. The topological polar surface area (TPSA) is 56.1 Å². The van der Waals surface area contributed by atoms with Gasteiger partial charge in [-0.2, -0.15) is 0 Å². The van der Waals surface area contributed by atoms with E-state index in [2.05, 4.69) is 9.88 Å². The van der Waals surface area contributed by atoms with Gasteiger partial charge in [-0.05, 0) is 49.7 Å². The van der Waals surface area contributed by atoms with E-state index in [0.717, 1.165) is 28.2 Å². The molecule has 1 aromatic heterocycles. The van der Waals surface area contributed by atoms with Gasteiger partial charge in [0.2, 0.25) is 0 Å². The van der Waals surface area contributed by atoms with Crippen molar-refractivity contribution in [2.45, 2.75) is 26.4 Å². The van der Waals surface area contributed by atoms with Crippen molar-refractivity contribution in [3.63, 3.8) is 0 Å². The number of imidazole rings is 1. The Labute approximate surface area is 186 Å². The zero-order valence-electron chi connectivity index (χ0n) is 17.5. The summed E-state index contributed by atoms with van der Waals surface area (Å²) in [5, 5.41) is 3.45. The number of carbonyl (C=O) groups is 1. The number of aromatic nitrogens is 2. The van der Waals surface area contributed by atoms with Crippen molar-refractivity contribution in [3.05, 3.63) is 94.8 Å². The Balaban J connectivity index is 1.56. The van der Waals surface area contributed by atoms with Gasteiger partial charge in [0.15, 0.2) is 0 Å². The maximum atomic E-state index is 12.8. The number of hydrogen-bond donors (Lipinski definition) is 1. The third-order valence-corrected chi connectivity index (χ3v) is 5.53. The second kappa shape index (κ2) is 9.23. The van der Waals surface area contributed by atoms with E-state index in [1.165, 1.54) is 0 Å². The number of ether oxygens (including phenoxy) is 1. The average molecular weight is 434 g/mol. The Morgan fingerprint density at radius 1 is 1.06 bits per heavy atom. The molecule has 0 saturated carbocycles. The van der Waals surface area contributed by atoms with E-state index in [0.29, 0.717) is 23.7 Å². The van der Waals surface area contributed by atoms with Gasteiger partial charge >= 0.3 is 0 Å². The fourth-order valence-corrected chi connectivity index (χ4v) is 3.83. The molecule has 0 aliphatic rings. The SMILES string of the molecule is Cc1ccccc1OCCn1c(C(C)NC(=O)c2ccccc2Cl)nc2ccccc21. The van der Waals surface area contributed by atoms with E-state index in [4.69, 9.17) is 21.3 Å². The van der Waals surface area contributed by atoms with Crippen molar-refractivity contribution in [1.29, 1.82) is 0 Å². The van der Waals surface area contributed by atoms with Crippen LogP contribution in [-0.2, 0) is 6.54 Å². The molecule has 158 valence electrons. The number of para-hydroxylation sites is 3. The largest absolute Gasteiger partial charge is 0.491 e.